The number of aromatic carboxylic acids is 1. The van der Waals surface area contributed by atoms with Crippen LogP contribution < -0.4 is 0 Å². The Morgan fingerprint density at radius 1 is 1.71 bits per heavy atom. The van der Waals surface area contributed by atoms with E-state index in [-0.39, 0.29) is 5.69 Å². The van der Waals surface area contributed by atoms with Crippen molar-refractivity contribution in [3.8, 4) is 0 Å². The molecule has 0 aliphatic rings. The molecule has 1 N–H and O–H groups in total. The third-order valence-corrected chi connectivity index (χ3v) is 2.57. The first-order valence-corrected chi connectivity index (χ1v) is 5.15. The van der Waals surface area contributed by atoms with Gasteiger partial charge in [-0.1, -0.05) is 6.08 Å². The van der Waals surface area contributed by atoms with Crippen LogP contribution in [0.15, 0.2) is 35.9 Å². The summed E-state index contributed by atoms with van der Waals surface area (Å²) in [6.07, 6.45) is 4.27. The van der Waals surface area contributed by atoms with Crippen LogP contribution in [0.1, 0.15) is 16.9 Å². The summed E-state index contributed by atoms with van der Waals surface area (Å²) < 4.78 is 0. The summed E-state index contributed by atoms with van der Waals surface area (Å²) in [5, 5.41) is 8.69. The highest BCUT2D eigenvalue weighted by Crippen LogP contribution is 2.18. The molecule has 1 aromatic rings. The van der Waals surface area contributed by atoms with Crippen LogP contribution in [0.2, 0.25) is 0 Å². The predicted octanol–water partition coefficient (Wildman–Crippen LogP) is 2.45. The van der Waals surface area contributed by atoms with Crippen LogP contribution in [0.3, 0.4) is 0 Å². The minimum absolute atomic E-state index is 0.0913. The number of carboxylic acid groups (broad SMARTS) is 1. The maximum Gasteiger partial charge on any atom is 0.354 e. The van der Waals surface area contributed by atoms with Crippen LogP contribution in [-0.4, -0.2) is 21.8 Å². The Hall–Kier alpha value is -1.29. The number of aromatic nitrogens is 1. The Kier molecular flexibility index (Phi) is 4.19. The average Bonchev–Trinajstić information content (AvgIpc) is 2.19. The Morgan fingerprint density at radius 3 is 3.14 bits per heavy atom. The molecule has 0 aromatic carbocycles. The molecule has 0 aliphatic heterocycles. The lowest BCUT2D eigenvalue weighted by atomic mass is 10.3. The molecule has 0 saturated heterocycles. The predicted molar refractivity (Wildman–Crippen MR) is 56.7 cm³/mol. The number of pyridine rings is 1. The van der Waals surface area contributed by atoms with Crippen molar-refractivity contribution in [1.82, 2.24) is 4.98 Å². The summed E-state index contributed by atoms with van der Waals surface area (Å²) in [6, 6.07) is 3.39. The van der Waals surface area contributed by atoms with Crippen molar-refractivity contribution in [3.05, 3.63) is 36.7 Å². The van der Waals surface area contributed by atoms with Crippen molar-refractivity contribution in [2.75, 3.05) is 5.75 Å². The van der Waals surface area contributed by atoms with Crippen molar-refractivity contribution < 1.29 is 9.90 Å². The molecule has 14 heavy (non-hydrogen) atoms. The Morgan fingerprint density at radius 2 is 2.50 bits per heavy atom. The van der Waals surface area contributed by atoms with E-state index >= 15 is 0 Å². The summed E-state index contributed by atoms with van der Waals surface area (Å²) in [4.78, 5) is 15.3. The van der Waals surface area contributed by atoms with E-state index < -0.39 is 5.97 Å². The third-order valence-electron chi connectivity index (χ3n) is 1.54. The first-order valence-electron chi connectivity index (χ1n) is 4.17. The molecule has 4 heteroatoms. The van der Waals surface area contributed by atoms with Crippen LogP contribution >= 0.6 is 11.8 Å². The van der Waals surface area contributed by atoms with Gasteiger partial charge in [0, 0.05) is 16.8 Å². The first-order chi connectivity index (χ1) is 6.74. The number of hydrogen-bond donors (Lipinski definition) is 1. The minimum Gasteiger partial charge on any atom is -0.477 e. The SMILES string of the molecule is C=CCCSc1ccnc(C(=O)O)c1. The van der Waals surface area contributed by atoms with Gasteiger partial charge in [-0.25, -0.2) is 9.78 Å². The van der Waals surface area contributed by atoms with Crippen LogP contribution in [0, 0.1) is 0 Å². The van der Waals surface area contributed by atoms with Crippen molar-refractivity contribution in [2.45, 2.75) is 11.3 Å². The molecule has 0 radical (unpaired) electrons. The lowest BCUT2D eigenvalue weighted by molar-refractivity contribution is 0.0690. The van der Waals surface area contributed by atoms with Gasteiger partial charge in [-0.15, -0.1) is 18.3 Å². The molecule has 0 fully saturated rings. The number of carboxylic acids is 1. The van der Waals surface area contributed by atoms with Gasteiger partial charge in [0.05, 0.1) is 0 Å². The van der Waals surface area contributed by atoms with Gasteiger partial charge in [0.1, 0.15) is 5.69 Å². The maximum atomic E-state index is 10.6. The van der Waals surface area contributed by atoms with Gasteiger partial charge in [-0.05, 0) is 18.6 Å². The standard InChI is InChI=1S/C10H11NO2S/c1-2-3-6-14-8-4-5-11-9(7-8)10(12)13/h2,4-5,7H,1,3,6H2,(H,12,13). The number of thioether (sulfide) groups is 1. The first kappa shape index (κ1) is 10.8. The molecule has 1 aromatic heterocycles. The molecule has 1 heterocycles. The summed E-state index contributed by atoms with van der Waals surface area (Å²) in [5.41, 5.74) is 0.0913. The van der Waals surface area contributed by atoms with Crippen LogP contribution in [0.4, 0.5) is 0 Å². The molecular weight excluding hydrogens is 198 g/mol. The molecular formula is C10H11NO2S. The second kappa shape index (κ2) is 5.44. The number of carbonyl (C=O) groups is 1. The summed E-state index contributed by atoms with van der Waals surface area (Å²) in [5.74, 6) is -0.0804. The Labute approximate surface area is 86.9 Å². The Bertz CT molecular complexity index is 339. The van der Waals surface area contributed by atoms with E-state index in [4.69, 9.17) is 5.11 Å². The summed E-state index contributed by atoms with van der Waals surface area (Å²) in [7, 11) is 0. The zero-order chi connectivity index (χ0) is 10.4. The van der Waals surface area contributed by atoms with E-state index in [0.717, 1.165) is 17.1 Å². The second-order valence-corrected chi connectivity index (χ2v) is 3.78. The fraction of sp³-hybridized carbons (Fsp3) is 0.200. The van der Waals surface area contributed by atoms with Gasteiger partial charge in [0.15, 0.2) is 0 Å². The van der Waals surface area contributed by atoms with Crippen molar-refractivity contribution in [2.24, 2.45) is 0 Å². The largest absolute Gasteiger partial charge is 0.477 e. The monoisotopic (exact) mass is 209 g/mol. The minimum atomic E-state index is -0.990. The highest BCUT2D eigenvalue weighted by atomic mass is 32.2. The summed E-state index contributed by atoms with van der Waals surface area (Å²) >= 11 is 1.60. The second-order valence-electron chi connectivity index (χ2n) is 2.61. The fourth-order valence-corrected chi connectivity index (χ4v) is 1.75. The van der Waals surface area contributed by atoms with Crippen molar-refractivity contribution in [3.63, 3.8) is 0 Å². The van der Waals surface area contributed by atoms with Crippen LogP contribution in [0.5, 0.6) is 0 Å². The molecule has 0 unspecified atom stereocenters. The molecule has 74 valence electrons. The zero-order valence-corrected chi connectivity index (χ0v) is 8.46. The van der Waals surface area contributed by atoms with Gasteiger partial charge < -0.3 is 5.11 Å². The van der Waals surface area contributed by atoms with E-state index in [1.807, 2.05) is 6.08 Å². The molecule has 0 bridgehead atoms. The normalized spacial score (nSPS) is 9.71. The van der Waals surface area contributed by atoms with Crippen LogP contribution in [-0.2, 0) is 0 Å². The number of hydrogen-bond acceptors (Lipinski definition) is 3. The van der Waals surface area contributed by atoms with Gasteiger partial charge in [0.2, 0.25) is 0 Å². The Balaban J connectivity index is 2.63. The lowest BCUT2D eigenvalue weighted by Gasteiger charge is -1.99. The number of allylic oxidation sites excluding steroid dienone is 1. The van der Waals surface area contributed by atoms with Crippen LogP contribution in [0.25, 0.3) is 0 Å². The highest BCUT2D eigenvalue weighted by Gasteiger charge is 2.04. The van der Waals surface area contributed by atoms with Crippen molar-refractivity contribution in [1.29, 1.82) is 0 Å². The molecule has 0 saturated carbocycles. The fourth-order valence-electron chi connectivity index (χ4n) is 0.878. The van der Waals surface area contributed by atoms with Crippen molar-refractivity contribution >= 4 is 17.7 Å². The van der Waals surface area contributed by atoms with E-state index in [0.29, 0.717) is 0 Å². The molecule has 0 amide bonds. The molecule has 0 atom stereocenters. The van der Waals surface area contributed by atoms with E-state index in [1.54, 1.807) is 23.9 Å². The van der Waals surface area contributed by atoms with E-state index in [9.17, 15) is 4.79 Å². The quantitative estimate of drug-likeness (QED) is 0.459. The number of rotatable bonds is 5. The van der Waals surface area contributed by atoms with E-state index in [2.05, 4.69) is 11.6 Å². The number of nitrogens with zero attached hydrogens (tertiary/aromatic N) is 1. The average molecular weight is 209 g/mol. The van der Waals surface area contributed by atoms with Gasteiger partial charge in [-0.2, -0.15) is 0 Å². The maximum absolute atomic E-state index is 10.6. The highest BCUT2D eigenvalue weighted by molar-refractivity contribution is 7.99. The zero-order valence-electron chi connectivity index (χ0n) is 7.64. The third kappa shape index (κ3) is 3.22. The molecule has 1 rings (SSSR count). The lowest BCUT2D eigenvalue weighted by Crippen LogP contribution is -1.99. The summed E-state index contributed by atoms with van der Waals surface area (Å²) in [6.45, 7) is 3.62. The molecule has 0 aliphatic carbocycles. The topological polar surface area (TPSA) is 50.2 Å². The van der Waals surface area contributed by atoms with E-state index in [1.165, 1.54) is 6.20 Å². The van der Waals surface area contributed by atoms with Gasteiger partial charge in [0.25, 0.3) is 0 Å². The smallest absolute Gasteiger partial charge is 0.354 e. The van der Waals surface area contributed by atoms with Gasteiger partial charge >= 0.3 is 5.97 Å². The van der Waals surface area contributed by atoms with Gasteiger partial charge in [-0.3, -0.25) is 0 Å². The molecule has 0 spiro atoms. The molecule has 3 nitrogen and oxygen atoms in total.